The number of rotatable bonds is 7. The van der Waals surface area contributed by atoms with Crippen LogP contribution in [-0.2, 0) is 0 Å². The molecule has 14 heavy (non-hydrogen) atoms. The Kier molecular flexibility index (Phi) is 7.65. The molecule has 0 bridgehead atoms. The Morgan fingerprint density at radius 1 is 1.29 bits per heavy atom. The van der Waals surface area contributed by atoms with Gasteiger partial charge >= 0.3 is 0 Å². The minimum absolute atomic E-state index is 0.759. The average Bonchev–Trinajstić information content (AvgIpc) is 2.02. The molecule has 0 rings (SSSR count). The van der Waals surface area contributed by atoms with Crippen LogP contribution in [0.2, 0.25) is 19.6 Å². The van der Waals surface area contributed by atoms with Gasteiger partial charge in [-0.3, -0.25) is 4.99 Å². The molecule has 0 aliphatic rings. The minimum atomic E-state index is -0.975. The molecule has 0 saturated heterocycles. The Bertz CT molecular complexity index is 163. The van der Waals surface area contributed by atoms with Crippen LogP contribution in [0.4, 0.5) is 0 Å². The van der Waals surface area contributed by atoms with E-state index in [9.17, 15) is 0 Å². The van der Waals surface area contributed by atoms with Crippen LogP contribution in [-0.4, -0.2) is 25.2 Å². The maximum atomic E-state index is 4.47. The highest BCUT2D eigenvalue weighted by molar-refractivity contribution is 8.29. The van der Waals surface area contributed by atoms with Crippen LogP contribution in [0.5, 0.6) is 0 Å². The van der Waals surface area contributed by atoms with Gasteiger partial charge in [0.15, 0.2) is 0 Å². The minimum Gasteiger partial charge on any atom is -0.296 e. The van der Waals surface area contributed by atoms with Gasteiger partial charge in [0.1, 0.15) is 7.22 Å². The van der Waals surface area contributed by atoms with Crippen molar-refractivity contribution >= 4 is 24.6 Å². The third-order valence-corrected chi connectivity index (χ3v) is 6.30. The van der Waals surface area contributed by atoms with Crippen molar-refractivity contribution in [3.8, 4) is 0 Å². The predicted octanol–water partition coefficient (Wildman–Crippen LogP) is 4.20. The molecule has 0 N–H and O–H groups in total. The summed E-state index contributed by atoms with van der Waals surface area (Å²) < 4.78 is 0. The zero-order valence-corrected chi connectivity index (χ0v) is 12.2. The molecule has 0 saturated carbocycles. The van der Waals surface area contributed by atoms with E-state index >= 15 is 0 Å². The van der Waals surface area contributed by atoms with Crippen LogP contribution >= 0.6 is 11.2 Å². The lowest BCUT2D eigenvalue weighted by Gasteiger charge is -2.22. The van der Waals surface area contributed by atoms with Gasteiger partial charge in [-0.1, -0.05) is 39.9 Å². The monoisotopic (exact) mass is 231 g/mol. The summed E-state index contributed by atoms with van der Waals surface area (Å²) in [6.45, 7) is 12.7. The van der Waals surface area contributed by atoms with Crippen molar-refractivity contribution in [3.05, 3.63) is 0 Å². The lowest BCUT2D eigenvalue weighted by atomic mass is 10.2. The second-order valence-electron chi connectivity index (χ2n) is 4.60. The van der Waals surface area contributed by atoms with E-state index in [2.05, 4.69) is 49.7 Å². The van der Waals surface area contributed by atoms with Gasteiger partial charge in [-0.15, -0.1) is 0 Å². The van der Waals surface area contributed by atoms with E-state index in [0.717, 1.165) is 18.2 Å². The van der Waals surface area contributed by atoms with Crippen molar-refractivity contribution in [2.75, 3.05) is 6.54 Å². The Hall–Kier alpha value is 0.237. The Labute approximate surface area is 94.4 Å². The first-order valence-corrected chi connectivity index (χ1v) is 10.8. The predicted molar refractivity (Wildman–Crippen MR) is 73.3 cm³/mol. The highest BCUT2D eigenvalue weighted by Crippen LogP contribution is 2.27. The van der Waals surface area contributed by atoms with Crippen molar-refractivity contribution in [2.45, 2.75) is 58.0 Å². The first-order valence-electron chi connectivity index (χ1n) is 5.65. The Morgan fingerprint density at radius 2 is 1.93 bits per heavy atom. The molecule has 0 heterocycles. The van der Waals surface area contributed by atoms with E-state index in [-0.39, 0.29) is 0 Å². The van der Waals surface area contributed by atoms with Gasteiger partial charge in [0.25, 0.3) is 0 Å². The molecular formula is C11H25NSSi. The van der Waals surface area contributed by atoms with Crippen molar-refractivity contribution in [1.29, 1.82) is 0 Å². The number of hydrogen-bond acceptors (Lipinski definition) is 2. The Morgan fingerprint density at radius 3 is 2.36 bits per heavy atom. The molecule has 0 aliphatic carbocycles. The molecule has 0 spiro atoms. The van der Waals surface area contributed by atoms with E-state index in [4.69, 9.17) is 0 Å². The standard InChI is InChI=1S/C11H25NSSi/c1-6-8-11(10-12-9-7-2)13-14(3,4)5/h9,11H,6-8,10H2,1-5H3. The summed E-state index contributed by atoms with van der Waals surface area (Å²) in [5, 5.41) is 0.759. The van der Waals surface area contributed by atoms with Gasteiger partial charge in [-0.25, -0.2) is 0 Å². The van der Waals surface area contributed by atoms with Crippen LogP contribution in [0.1, 0.15) is 33.1 Å². The van der Waals surface area contributed by atoms with Gasteiger partial charge in [0.2, 0.25) is 0 Å². The lowest BCUT2D eigenvalue weighted by Crippen LogP contribution is -2.22. The van der Waals surface area contributed by atoms with Gasteiger partial charge in [0.05, 0.1) is 0 Å². The molecule has 0 aliphatic heterocycles. The molecule has 1 atom stereocenters. The summed E-state index contributed by atoms with van der Waals surface area (Å²) in [7, 11) is -0.975. The van der Waals surface area contributed by atoms with E-state index < -0.39 is 7.22 Å². The topological polar surface area (TPSA) is 12.4 Å². The highest BCUT2D eigenvalue weighted by Gasteiger charge is 2.19. The van der Waals surface area contributed by atoms with Crippen LogP contribution in [0, 0.1) is 0 Å². The molecule has 1 unspecified atom stereocenters. The molecule has 0 aromatic rings. The quantitative estimate of drug-likeness (QED) is 0.472. The summed E-state index contributed by atoms with van der Waals surface area (Å²) in [5.74, 6) is 0. The molecule has 0 radical (unpaired) electrons. The number of nitrogens with zero attached hydrogens (tertiary/aromatic N) is 1. The molecule has 0 aromatic carbocycles. The molecule has 0 amide bonds. The van der Waals surface area contributed by atoms with Gasteiger partial charge in [-0.05, 0) is 19.1 Å². The highest BCUT2D eigenvalue weighted by atomic mass is 32.4. The number of hydrogen-bond donors (Lipinski definition) is 0. The maximum Gasteiger partial charge on any atom is 0.108 e. The second-order valence-corrected chi connectivity index (χ2v) is 14.1. The third kappa shape index (κ3) is 8.82. The molecular weight excluding hydrogens is 206 g/mol. The largest absolute Gasteiger partial charge is 0.296 e. The zero-order valence-electron chi connectivity index (χ0n) is 10.3. The summed E-state index contributed by atoms with van der Waals surface area (Å²) in [4.78, 5) is 4.47. The van der Waals surface area contributed by atoms with Crippen molar-refractivity contribution < 1.29 is 0 Å². The fourth-order valence-electron chi connectivity index (χ4n) is 1.33. The Balaban J connectivity index is 3.95. The van der Waals surface area contributed by atoms with E-state index in [1.54, 1.807) is 0 Å². The third-order valence-electron chi connectivity index (χ3n) is 1.75. The van der Waals surface area contributed by atoms with E-state index in [1.807, 2.05) is 6.21 Å². The molecule has 1 nitrogen and oxygen atoms in total. The zero-order chi connectivity index (χ0) is 11.0. The fraction of sp³-hybridized carbons (Fsp3) is 0.909. The number of aliphatic imine (C=N–C) groups is 1. The summed E-state index contributed by atoms with van der Waals surface area (Å²) in [5.41, 5.74) is 0. The average molecular weight is 231 g/mol. The first-order chi connectivity index (χ1) is 6.49. The van der Waals surface area contributed by atoms with Crippen LogP contribution in [0.15, 0.2) is 4.99 Å². The second kappa shape index (κ2) is 7.52. The normalized spacial score (nSPS) is 14.9. The van der Waals surface area contributed by atoms with E-state index in [1.165, 1.54) is 12.8 Å². The molecule has 0 fully saturated rings. The fourth-order valence-corrected chi connectivity index (χ4v) is 6.42. The maximum absolute atomic E-state index is 4.47. The molecule has 84 valence electrons. The van der Waals surface area contributed by atoms with Crippen molar-refractivity contribution in [1.82, 2.24) is 0 Å². The summed E-state index contributed by atoms with van der Waals surface area (Å²) >= 11 is 2.20. The van der Waals surface area contributed by atoms with Crippen LogP contribution < -0.4 is 0 Å². The van der Waals surface area contributed by atoms with Gasteiger partial charge < -0.3 is 0 Å². The van der Waals surface area contributed by atoms with Crippen LogP contribution in [0.25, 0.3) is 0 Å². The van der Waals surface area contributed by atoms with E-state index in [0.29, 0.717) is 0 Å². The lowest BCUT2D eigenvalue weighted by molar-refractivity contribution is 0.747. The summed E-state index contributed by atoms with van der Waals surface area (Å²) in [6, 6.07) is 0. The molecule has 0 aromatic heterocycles. The first kappa shape index (κ1) is 14.2. The van der Waals surface area contributed by atoms with Crippen LogP contribution in [0.3, 0.4) is 0 Å². The molecule has 3 heteroatoms. The van der Waals surface area contributed by atoms with Crippen molar-refractivity contribution in [3.63, 3.8) is 0 Å². The van der Waals surface area contributed by atoms with Crippen molar-refractivity contribution in [2.24, 2.45) is 4.99 Å². The smallest absolute Gasteiger partial charge is 0.108 e. The van der Waals surface area contributed by atoms with Gasteiger partial charge in [-0.2, -0.15) is 11.2 Å². The summed E-state index contributed by atoms with van der Waals surface area (Å²) in [6.07, 6.45) is 5.71. The van der Waals surface area contributed by atoms with Gasteiger partial charge in [0, 0.05) is 11.8 Å². The SMILES string of the molecule is CCC=NCC(CCC)S[Si](C)(C)C.